The van der Waals surface area contributed by atoms with Crippen molar-refractivity contribution in [3.05, 3.63) is 30.1 Å². The van der Waals surface area contributed by atoms with Crippen LogP contribution in [0.5, 0.6) is 0 Å². The lowest BCUT2D eigenvalue weighted by Crippen LogP contribution is -2.44. The van der Waals surface area contributed by atoms with Gasteiger partial charge in [0, 0.05) is 11.7 Å². The minimum Gasteiger partial charge on any atom is -0.374 e. The number of carbonyl (C=O) groups is 1. The van der Waals surface area contributed by atoms with Gasteiger partial charge in [-0.05, 0) is 62.8 Å². The van der Waals surface area contributed by atoms with Gasteiger partial charge in [0.25, 0.3) is 0 Å². The quantitative estimate of drug-likeness (QED) is 0.887. The minimum absolute atomic E-state index is 0.00822. The molecule has 1 aliphatic carbocycles. The fourth-order valence-electron chi connectivity index (χ4n) is 2.59. The molecule has 0 aromatic heterocycles. The molecule has 1 unspecified atom stereocenters. The summed E-state index contributed by atoms with van der Waals surface area (Å²) in [5, 5.41) is 6.18. The first-order chi connectivity index (χ1) is 9.54. The number of amides is 1. The highest BCUT2D eigenvalue weighted by atomic mass is 19.1. The van der Waals surface area contributed by atoms with Crippen molar-refractivity contribution in [3.63, 3.8) is 0 Å². The van der Waals surface area contributed by atoms with Crippen LogP contribution in [0.4, 0.5) is 10.1 Å². The minimum atomic E-state index is -0.320. The van der Waals surface area contributed by atoms with E-state index in [0.29, 0.717) is 6.04 Å². The predicted molar refractivity (Wildman–Crippen MR) is 79.0 cm³/mol. The van der Waals surface area contributed by atoms with Crippen LogP contribution in [0.3, 0.4) is 0 Å². The van der Waals surface area contributed by atoms with Gasteiger partial charge in [0.05, 0.1) is 0 Å². The van der Waals surface area contributed by atoms with Crippen molar-refractivity contribution in [3.8, 4) is 0 Å². The molecule has 110 valence electrons. The van der Waals surface area contributed by atoms with E-state index < -0.39 is 0 Å². The predicted octanol–water partition coefficient (Wildman–Crippen LogP) is 3.32. The van der Waals surface area contributed by atoms with Crippen LogP contribution in [0.15, 0.2) is 24.3 Å². The molecule has 0 bridgehead atoms. The molecule has 4 heteroatoms. The van der Waals surface area contributed by atoms with Gasteiger partial charge in [-0.1, -0.05) is 6.92 Å². The monoisotopic (exact) mass is 278 g/mol. The Kier molecular flexibility index (Phi) is 4.99. The molecule has 0 spiro atoms. The maximum atomic E-state index is 12.8. The summed E-state index contributed by atoms with van der Waals surface area (Å²) in [4.78, 5) is 12.1. The Bertz CT molecular complexity index is 438. The van der Waals surface area contributed by atoms with E-state index in [9.17, 15) is 9.18 Å². The molecule has 0 saturated heterocycles. The maximum absolute atomic E-state index is 12.8. The van der Waals surface area contributed by atoms with E-state index in [1.165, 1.54) is 25.0 Å². The fraction of sp³-hybridized carbons (Fsp3) is 0.562. The number of nitrogens with one attached hydrogen (secondary N) is 2. The standard InChI is InChI=1S/C16H23FN2O/c1-11-3-7-15(8-4-11)19-16(20)12(2)18-14-9-5-13(17)6-10-14/h5-6,9-12,15,18H,3-4,7-8H2,1-2H3,(H,19,20). The molecule has 0 radical (unpaired) electrons. The molecule has 1 aliphatic rings. The summed E-state index contributed by atoms with van der Waals surface area (Å²) in [5.74, 6) is 0.510. The van der Waals surface area contributed by atoms with Crippen LogP contribution in [0.1, 0.15) is 39.5 Å². The Hall–Kier alpha value is -1.58. The SMILES string of the molecule is CC1CCC(NC(=O)C(C)Nc2ccc(F)cc2)CC1. The highest BCUT2D eigenvalue weighted by Crippen LogP contribution is 2.23. The van der Waals surface area contributed by atoms with Crippen molar-refractivity contribution in [2.45, 2.75) is 51.6 Å². The summed E-state index contributed by atoms with van der Waals surface area (Å²) >= 11 is 0. The molecule has 20 heavy (non-hydrogen) atoms. The smallest absolute Gasteiger partial charge is 0.242 e. The third-order valence-electron chi connectivity index (χ3n) is 3.98. The van der Waals surface area contributed by atoms with Crippen LogP contribution in [-0.4, -0.2) is 18.0 Å². The molecule has 0 aliphatic heterocycles. The van der Waals surface area contributed by atoms with Crippen molar-refractivity contribution in [2.24, 2.45) is 5.92 Å². The van der Waals surface area contributed by atoms with Crippen molar-refractivity contribution in [1.29, 1.82) is 0 Å². The topological polar surface area (TPSA) is 41.1 Å². The van der Waals surface area contributed by atoms with E-state index in [-0.39, 0.29) is 17.8 Å². The largest absolute Gasteiger partial charge is 0.374 e. The van der Waals surface area contributed by atoms with Crippen molar-refractivity contribution < 1.29 is 9.18 Å². The number of carbonyl (C=O) groups excluding carboxylic acids is 1. The highest BCUT2D eigenvalue weighted by molar-refractivity contribution is 5.84. The van der Waals surface area contributed by atoms with Crippen LogP contribution >= 0.6 is 0 Å². The molecule has 2 rings (SSSR count). The molecule has 1 aromatic carbocycles. The molecule has 1 atom stereocenters. The van der Waals surface area contributed by atoms with Gasteiger partial charge in [-0.3, -0.25) is 4.79 Å². The molecule has 3 nitrogen and oxygen atoms in total. The third-order valence-corrected chi connectivity index (χ3v) is 3.98. The Morgan fingerprint density at radius 1 is 1.20 bits per heavy atom. The average Bonchev–Trinajstić information content (AvgIpc) is 2.44. The van der Waals surface area contributed by atoms with Crippen LogP contribution < -0.4 is 10.6 Å². The second kappa shape index (κ2) is 6.73. The van der Waals surface area contributed by atoms with E-state index in [2.05, 4.69) is 17.6 Å². The van der Waals surface area contributed by atoms with Gasteiger partial charge in [-0.15, -0.1) is 0 Å². The lowest BCUT2D eigenvalue weighted by Gasteiger charge is -2.28. The number of halogens is 1. The number of anilines is 1. The Balaban J connectivity index is 1.81. The summed E-state index contributed by atoms with van der Waals surface area (Å²) in [6, 6.07) is 6.03. The van der Waals surface area contributed by atoms with Crippen molar-refractivity contribution in [1.82, 2.24) is 5.32 Å². The van der Waals surface area contributed by atoms with E-state index in [1.807, 2.05) is 6.92 Å². The van der Waals surface area contributed by atoms with E-state index in [4.69, 9.17) is 0 Å². The first kappa shape index (κ1) is 14.8. The lowest BCUT2D eigenvalue weighted by molar-refractivity contribution is -0.122. The molecule has 0 heterocycles. The van der Waals surface area contributed by atoms with Gasteiger partial charge in [-0.25, -0.2) is 4.39 Å². The van der Waals surface area contributed by atoms with Crippen molar-refractivity contribution in [2.75, 3.05) is 5.32 Å². The molecule has 2 N–H and O–H groups in total. The summed E-state index contributed by atoms with van der Waals surface area (Å²) < 4.78 is 12.8. The lowest BCUT2D eigenvalue weighted by atomic mass is 9.87. The Morgan fingerprint density at radius 3 is 2.40 bits per heavy atom. The summed E-state index contributed by atoms with van der Waals surface area (Å²) in [6.45, 7) is 4.08. The Morgan fingerprint density at radius 2 is 1.80 bits per heavy atom. The fourth-order valence-corrected chi connectivity index (χ4v) is 2.59. The van der Waals surface area contributed by atoms with Crippen molar-refractivity contribution >= 4 is 11.6 Å². The average molecular weight is 278 g/mol. The number of rotatable bonds is 4. The number of benzene rings is 1. The first-order valence-corrected chi connectivity index (χ1v) is 7.37. The third kappa shape index (κ3) is 4.22. The van der Waals surface area contributed by atoms with E-state index in [0.717, 1.165) is 24.4 Å². The van der Waals surface area contributed by atoms with Crippen LogP contribution in [0, 0.1) is 11.7 Å². The number of hydrogen-bond acceptors (Lipinski definition) is 2. The van der Waals surface area contributed by atoms with Crippen LogP contribution in [0.2, 0.25) is 0 Å². The molecule has 1 saturated carbocycles. The second-order valence-electron chi connectivity index (χ2n) is 5.84. The highest BCUT2D eigenvalue weighted by Gasteiger charge is 2.22. The molecule has 1 aromatic rings. The normalized spacial score (nSPS) is 23.9. The molecular weight excluding hydrogens is 255 g/mol. The van der Waals surface area contributed by atoms with Crippen LogP contribution in [-0.2, 0) is 4.79 Å². The molecule has 1 amide bonds. The summed E-state index contributed by atoms with van der Waals surface area (Å²) in [7, 11) is 0. The van der Waals surface area contributed by atoms with Gasteiger partial charge in [-0.2, -0.15) is 0 Å². The van der Waals surface area contributed by atoms with Gasteiger partial charge < -0.3 is 10.6 Å². The summed E-state index contributed by atoms with van der Waals surface area (Å²) in [6.07, 6.45) is 4.50. The molecule has 1 fully saturated rings. The molecular formula is C16H23FN2O. The van der Waals surface area contributed by atoms with Gasteiger partial charge in [0.15, 0.2) is 0 Å². The summed E-state index contributed by atoms with van der Waals surface area (Å²) in [5.41, 5.74) is 0.756. The number of hydrogen-bond donors (Lipinski definition) is 2. The second-order valence-corrected chi connectivity index (χ2v) is 5.84. The zero-order valence-corrected chi connectivity index (χ0v) is 12.2. The van der Waals surface area contributed by atoms with E-state index >= 15 is 0 Å². The van der Waals surface area contributed by atoms with Gasteiger partial charge >= 0.3 is 0 Å². The Labute approximate surface area is 120 Å². The van der Waals surface area contributed by atoms with Gasteiger partial charge in [0.2, 0.25) is 5.91 Å². The zero-order valence-electron chi connectivity index (χ0n) is 12.2. The van der Waals surface area contributed by atoms with E-state index in [1.54, 1.807) is 12.1 Å². The zero-order chi connectivity index (χ0) is 14.5. The van der Waals surface area contributed by atoms with Crippen LogP contribution in [0.25, 0.3) is 0 Å². The van der Waals surface area contributed by atoms with Gasteiger partial charge in [0.1, 0.15) is 11.9 Å². The first-order valence-electron chi connectivity index (χ1n) is 7.37. The maximum Gasteiger partial charge on any atom is 0.242 e.